The van der Waals surface area contributed by atoms with Crippen LogP contribution in [-0.2, 0) is 0 Å². The Labute approximate surface area is 148 Å². The highest BCUT2D eigenvalue weighted by atomic mass is 16.5. The monoisotopic (exact) mass is 335 g/mol. The minimum atomic E-state index is -0.390. The molecule has 3 rings (SSSR count). The van der Waals surface area contributed by atoms with Crippen LogP contribution < -0.4 is 9.47 Å². The number of hydrogen-bond donors (Lipinski definition) is 0. The number of rotatable bonds is 5. The van der Waals surface area contributed by atoms with Crippen LogP contribution in [0.5, 0.6) is 11.5 Å². The van der Waals surface area contributed by atoms with Crippen LogP contribution >= 0.6 is 0 Å². The SMILES string of the molecule is CC(C)Oc1ccc2c(c1)O[C@H](CCC#N)[C@@H](c1ccccc1)C2=O. The van der Waals surface area contributed by atoms with Crippen molar-refractivity contribution in [1.29, 1.82) is 5.26 Å². The minimum Gasteiger partial charge on any atom is -0.491 e. The minimum absolute atomic E-state index is 0.0338. The number of nitrogens with zero attached hydrogens (tertiary/aromatic N) is 1. The van der Waals surface area contributed by atoms with E-state index in [1.807, 2.05) is 44.2 Å². The van der Waals surface area contributed by atoms with Gasteiger partial charge in [-0.15, -0.1) is 0 Å². The average molecular weight is 335 g/mol. The molecular weight excluding hydrogens is 314 g/mol. The first-order chi connectivity index (χ1) is 12.1. The smallest absolute Gasteiger partial charge is 0.177 e. The van der Waals surface area contributed by atoms with Crippen LogP contribution in [-0.4, -0.2) is 18.0 Å². The Morgan fingerprint density at radius 2 is 1.96 bits per heavy atom. The summed E-state index contributed by atoms with van der Waals surface area (Å²) in [5.41, 5.74) is 1.49. The van der Waals surface area contributed by atoms with Crippen molar-refractivity contribution in [3.63, 3.8) is 0 Å². The molecule has 1 aliphatic heterocycles. The lowest BCUT2D eigenvalue weighted by Crippen LogP contribution is -2.36. The van der Waals surface area contributed by atoms with Crippen molar-refractivity contribution in [3.8, 4) is 17.6 Å². The number of fused-ring (bicyclic) bond motifs is 1. The number of ether oxygens (including phenoxy) is 2. The van der Waals surface area contributed by atoms with Crippen molar-refractivity contribution in [2.75, 3.05) is 0 Å². The number of ketones is 1. The molecule has 128 valence electrons. The highest BCUT2D eigenvalue weighted by Crippen LogP contribution is 2.39. The van der Waals surface area contributed by atoms with Crippen LogP contribution in [0.3, 0.4) is 0 Å². The second-order valence-corrected chi connectivity index (χ2v) is 6.43. The van der Waals surface area contributed by atoms with Crippen molar-refractivity contribution in [1.82, 2.24) is 0 Å². The molecule has 0 saturated heterocycles. The zero-order chi connectivity index (χ0) is 17.8. The molecule has 1 heterocycles. The maximum Gasteiger partial charge on any atom is 0.177 e. The van der Waals surface area contributed by atoms with E-state index < -0.39 is 0 Å². The number of benzene rings is 2. The van der Waals surface area contributed by atoms with Crippen LogP contribution in [0.2, 0.25) is 0 Å². The zero-order valence-electron chi connectivity index (χ0n) is 14.4. The van der Waals surface area contributed by atoms with Crippen molar-refractivity contribution >= 4 is 5.78 Å². The van der Waals surface area contributed by atoms with E-state index in [1.54, 1.807) is 18.2 Å². The predicted octanol–water partition coefficient (Wildman–Crippen LogP) is 4.51. The third-order valence-corrected chi connectivity index (χ3v) is 4.22. The summed E-state index contributed by atoms with van der Waals surface area (Å²) in [6.45, 7) is 3.90. The van der Waals surface area contributed by atoms with Gasteiger partial charge in [-0.05, 0) is 38.0 Å². The van der Waals surface area contributed by atoms with E-state index in [1.165, 1.54) is 0 Å². The molecule has 0 N–H and O–H groups in total. The van der Waals surface area contributed by atoms with E-state index in [0.29, 0.717) is 29.9 Å². The third-order valence-electron chi connectivity index (χ3n) is 4.22. The van der Waals surface area contributed by atoms with Gasteiger partial charge >= 0.3 is 0 Å². The number of Topliss-reactive ketones (excluding diaryl/α,β-unsaturated/α-hetero) is 1. The van der Waals surface area contributed by atoms with Gasteiger partial charge in [0.15, 0.2) is 5.78 Å². The fraction of sp³-hybridized carbons (Fsp3) is 0.333. The van der Waals surface area contributed by atoms with Gasteiger partial charge in [-0.2, -0.15) is 5.26 Å². The van der Waals surface area contributed by atoms with Crippen molar-refractivity contribution in [2.45, 2.75) is 44.8 Å². The maximum atomic E-state index is 13.1. The molecule has 0 aromatic heterocycles. The Morgan fingerprint density at radius 1 is 1.20 bits per heavy atom. The topological polar surface area (TPSA) is 59.3 Å². The summed E-state index contributed by atoms with van der Waals surface area (Å²) in [6, 6.07) is 17.1. The van der Waals surface area contributed by atoms with Gasteiger partial charge in [0.1, 0.15) is 17.6 Å². The quantitative estimate of drug-likeness (QED) is 0.807. The molecule has 0 aliphatic carbocycles. The van der Waals surface area contributed by atoms with Gasteiger partial charge in [-0.1, -0.05) is 30.3 Å². The largest absolute Gasteiger partial charge is 0.491 e. The van der Waals surface area contributed by atoms with Crippen molar-refractivity contribution in [2.24, 2.45) is 0 Å². The summed E-state index contributed by atoms with van der Waals surface area (Å²) in [5, 5.41) is 8.95. The molecule has 0 radical (unpaired) electrons. The number of nitriles is 1. The van der Waals surface area contributed by atoms with Crippen LogP contribution in [0.25, 0.3) is 0 Å². The predicted molar refractivity (Wildman–Crippen MR) is 95.0 cm³/mol. The zero-order valence-corrected chi connectivity index (χ0v) is 14.4. The molecule has 2 aromatic carbocycles. The number of hydrogen-bond acceptors (Lipinski definition) is 4. The van der Waals surface area contributed by atoms with Gasteiger partial charge in [0, 0.05) is 12.5 Å². The molecule has 4 heteroatoms. The molecule has 2 aromatic rings. The summed E-state index contributed by atoms with van der Waals surface area (Å²) in [5.74, 6) is 0.863. The van der Waals surface area contributed by atoms with E-state index in [0.717, 1.165) is 5.56 Å². The fourth-order valence-corrected chi connectivity index (χ4v) is 3.18. The molecule has 0 saturated carbocycles. The van der Waals surface area contributed by atoms with Crippen LogP contribution in [0.1, 0.15) is 48.5 Å². The van der Waals surface area contributed by atoms with E-state index >= 15 is 0 Å². The van der Waals surface area contributed by atoms with Gasteiger partial charge in [-0.25, -0.2) is 0 Å². The molecular formula is C21H21NO3. The standard InChI is InChI=1S/C21H21NO3/c1-14(2)24-16-10-11-17-19(13-16)25-18(9-6-12-22)20(21(17)23)15-7-4-3-5-8-15/h3-5,7-8,10-11,13-14,18,20H,6,9H2,1-2H3/t18-,20-/m1/s1. The lowest BCUT2D eigenvalue weighted by molar-refractivity contribution is 0.0768. The summed E-state index contributed by atoms with van der Waals surface area (Å²) >= 11 is 0. The van der Waals surface area contributed by atoms with Gasteiger partial charge in [0.05, 0.1) is 23.7 Å². The molecule has 4 nitrogen and oxygen atoms in total. The van der Waals surface area contributed by atoms with Crippen molar-refractivity contribution < 1.29 is 14.3 Å². The van der Waals surface area contributed by atoms with E-state index in [4.69, 9.17) is 14.7 Å². The normalized spacial score (nSPS) is 19.0. The molecule has 0 fully saturated rings. The summed E-state index contributed by atoms with van der Waals surface area (Å²) in [7, 11) is 0. The van der Waals surface area contributed by atoms with Crippen LogP contribution in [0.15, 0.2) is 48.5 Å². The Morgan fingerprint density at radius 3 is 2.64 bits per heavy atom. The highest BCUT2D eigenvalue weighted by Gasteiger charge is 2.38. The summed E-state index contributed by atoms with van der Waals surface area (Å²) in [6.07, 6.45) is 0.551. The van der Waals surface area contributed by atoms with Crippen LogP contribution in [0.4, 0.5) is 0 Å². The first-order valence-electron chi connectivity index (χ1n) is 8.53. The Balaban J connectivity index is 1.98. The number of carbonyl (C=O) groups is 1. The van der Waals surface area contributed by atoms with E-state index in [-0.39, 0.29) is 23.9 Å². The molecule has 25 heavy (non-hydrogen) atoms. The molecule has 0 amide bonds. The molecule has 0 unspecified atom stereocenters. The van der Waals surface area contributed by atoms with E-state index in [9.17, 15) is 4.79 Å². The van der Waals surface area contributed by atoms with Gasteiger partial charge < -0.3 is 9.47 Å². The Bertz CT molecular complexity index is 793. The van der Waals surface area contributed by atoms with Gasteiger partial charge in [0.25, 0.3) is 0 Å². The lowest BCUT2D eigenvalue weighted by Gasteiger charge is -2.33. The maximum absolute atomic E-state index is 13.1. The molecule has 0 spiro atoms. The summed E-state index contributed by atoms with van der Waals surface area (Å²) in [4.78, 5) is 13.1. The molecule has 0 bridgehead atoms. The lowest BCUT2D eigenvalue weighted by atomic mass is 9.82. The second-order valence-electron chi connectivity index (χ2n) is 6.43. The van der Waals surface area contributed by atoms with Crippen molar-refractivity contribution in [3.05, 3.63) is 59.7 Å². The number of carbonyl (C=O) groups excluding carboxylic acids is 1. The summed E-state index contributed by atoms with van der Waals surface area (Å²) < 4.78 is 11.8. The fourth-order valence-electron chi connectivity index (χ4n) is 3.18. The second kappa shape index (κ2) is 7.40. The first kappa shape index (κ1) is 17.0. The Kier molecular flexibility index (Phi) is 5.04. The van der Waals surface area contributed by atoms with Crippen LogP contribution in [0, 0.1) is 11.3 Å². The Hall–Kier alpha value is -2.80. The first-order valence-corrected chi connectivity index (χ1v) is 8.53. The van der Waals surface area contributed by atoms with E-state index in [2.05, 4.69) is 6.07 Å². The molecule has 1 aliphatic rings. The third kappa shape index (κ3) is 3.66. The van der Waals surface area contributed by atoms with Gasteiger partial charge in [-0.3, -0.25) is 4.79 Å². The highest BCUT2D eigenvalue weighted by molar-refractivity contribution is 6.04. The van der Waals surface area contributed by atoms with Gasteiger partial charge in [0.2, 0.25) is 0 Å². The average Bonchev–Trinajstić information content (AvgIpc) is 2.60. The molecule has 2 atom stereocenters.